The Balaban J connectivity index is 1.33. The molecular formula is C35H36N2O3. The molecule has 2 aliphatic heterocycles. The Morgan fingerprint density at radius 1 is 1.05 bits per heavy atom. The van der Waals surface area contributed by atoms with Gasteiger partial charge in [0.05, 0.1) is 22.2 Å². The van der Waals surface area contributed by atoms with Crippen LogP contribution in [0.3, 0.4) is 0 Å². The Labute approximate surface area is 235 Å². The maximum absolute atomic E-state index is 13.2. The van der Waals surface area contributed by atoms with Crippen LogP contribution in [0.25, 0.3) is 10.9 Å². The van der Waals surface area contributed by atoms with E-state index in [2.05, 4.69) is 71.8 Å². The van der Waals surface area contributed by atoms with Crippen molar-refractivity contribution in [2.45, 2.75) is 75.7 Å². The van der Waals surface area contributed by atoms with E-state index < -0.39 is 11.0 Å². The third-order valence-corrected chi connectivity index (χ3v) is 11.1. The Morgan fingerprint density at radius 2 is 1.90 bits per heavy atom. The van der Waals surface area contributed by atoms with E-state index in [4.69, 9.17) is 4.74 Å². The minimum absolute atomic E-state index is 0.0454. The van der Waals surface area contributed by atoms with Crippen LogP contribution >= 0.6 is 0 Å². The summed E-state index contributed by atoms with van der Waals surface area (Å²) in [6, 6.07) is 19.3. The first-order chi connectivity index (χ1) is 19.4. The van der Waals surface area contributed by atoms with Gasteiger partial charge in [0.2, 0.25) is 0 Å². The Bertz CT molecular complexity index is 1730. The number of piperidine rings is 1. The van der Waals surface area contributed by atoms with Crippen LogP contribution in [0.1, 0.15) is 64.4 Å². The van der Waals surface area contributed by atoms with Gasteiger partial charge in [0.15, 0.2) is 17.6 Å². The van der Waals surface area contributed by atoms with Crippen LogP contribution in [-0.2, 0) is 24.8 Å². The van der Waals surface area contributed by atoms with Gasteiger partial charge in [0.1, 0.15) is 0 Å². The van der Waals surface area contributed by atoms with E-state index >= 15 is 0 Å². The van der Waals surface area contributed by atoms with E-state index in [1.165, 1.54) is 57.3 Å². The van der Waals surface area contributed by atoms with Crippen molar-refractivity contribution in [1.29, 1.82) is 0 Å². The van der Waals surface area contributed by atoms with Crippen molar-refractivity contribution in [3.8, 4) is 11.5 Å². The molecule has 1 saturated heterocycles. The summed E-state index contributed by atoms with van der Waals surface area (Å²) in [6.07, 6.45) is 4.53. The van der Waals surface area contributed by atoms with Crippen LogP contribution in [0, 0.1) is 19.8 Å². The van der Waals surface area contributed by atoms with Gasteiger partial charge in [0, 0.05) is 36.5 Å². The molecule has 1 saturated carbocycles. The first-order valence-corrected chi connectivity index (χ1v) is 15.0. The van der Waals surface area contributed by atoms with Gasteiger partial charge in [-0.2, -0.15) is 0 Å². The Morgan fingerprint density at radius 3 is 2.73 bits per heavy atom. The number of aromatic nitrogens is 1. The molecule has 5 aliphatic rings. The highest BCUT2D eigenvalue weighted by Crippen LogP contribution is 2.69. The summed E-state index contributed by atoms with van der Waals surface area (Å²) in [7, 11) is 0. The molecule has 204 valence electrons. The second kappa shape index (κ2) is 7.71. The molecule has 1 spiro atoms. The smallest absolute Gasteiger partial charge is 0.166 e. The lowest BCUT2D eigenvalue weighted by atomic mass is 9.49. The van der Waals surface area contributed by atoms with Crippen molar-refractivity contribution >= 4 is 10.9 Å². The van der Waals surface area contributed by atoms with Crippen molar-refractivity contribution < 1.29 is 14.9 Å². The molecule has 3 heterocycles. The molecule has 9 rings (SSSR count). The zero-order valence-corrected chi connectivity index (χ0v) is 23.3. The van der Waals surface area contributed by atoms with E-state index in [0.717, 1.165) is 44.0 Å². The number of aromatic hydroxyl groups is 1. The first kappa shape index (κ1) is 23.4. The normalized spacial score (nSPS) is 29.8. The minimum atomic E-state index is -0.962. The Hall–Kier alpha value is -3.28. The standard InChI is InChI=1S/C35H36N2O3/c1-20-5-3-7-23(15-20)19-37-30-21(2)6-4-8-25(30)26-17-35(39)28-16-24-11-12-27(38)32-29(24)34(35,33(40-32)31(26)37)13-14-36(28)18-22-9-10-22/h3-8,11-12,15,22,28,33,38-39H,9-10,13-14,16-19H2,1-2H3/t28-,33-,34-,35+/m0/s1. The number of benzene rings is 3. The van der Waals surface area contributed by atoms with Crippen LogP contribution in [0.2, 0.25) is 0 Å². The predicted octanol–water partition coefficient (Wildman–Crippen LogP) is 5.71. The molecule has 0 radical (unpaired) electrons. The predicted molar refractivity (Wildman–Crippen MR) is 155 cm³/mol. The number of nitrogens with zero attached hydrogens (tertiary/aromatic N) is 2. The highest BCUT2D eigenvalue weighted by atomic mass is 16.5. The van der Waals surface area contributed by atoms with Crippen LogP contribution in [0.4, 0.5) is 0 Å². The van der Waals surface area contributed by atoms with Gasteiger partial charge in [-0.3, -0.25) is 4.90 Å². The molecule has 3 aliphatic carbocycles. The summed E-state index contributed by atoms with van der Waals surface area (Å²) in [5, 5.41) is 25.5. The van der Waals surface area contributed by atoms with Crippen molar-refractivity contribution in [3.63, 3.8) is 0 Å². The fourth-order valence-corrected chi connectivity index (χ4v) is 9.25. The lowest BCUT2D eigenvalue weighted by Gasteiger charge is -2.63. The fourth-order valence-electron chi connectivity index (χ4n) is 9.25. The fraction of sp³-hybridized carbons (Fsp3) is 0.429. The highest BCUT2D eigenvalue weighted by molar-refractivity contribution is 5.89. The lowest BCUT2D eigenvalue weighted by molar-refractivity contribution is -0.173. The lowest BCUT2D eigenvalue weighted by Crippen LogP contribution is -2.74. The van der Waals surface area contributed by atoms with Crippen molar-refractivity contribution in [2.75, 3.05) is 13.1 Å². The maximum Gasteiger partial charge on any atom is 0.166 e. The molecular weight excluding hydrogens is 496 g/mol. The van der Waals surface area contributed by atoms with E-state index in [9.17, 15) is 10.2 Å². The molecule has 5 heteroatoms. The van der Waals surface area contributed by atoms with Crippen LogP contribution < -0.4 is 4.74 Å². The number of fused-ring (bicyclic) bond motifs is 4. The van der Waals surface area contributed by atoms with Crippen LogP contribution in [-0.4, -0.2) is 44.4 Å². The molecule has 3 aromatic carbocycles. The molecule has 4 aromatic rings. The second-order valence-electron chi connectivity index (χ2n) is 13.3. The molecule has 4 atom stereocenters. The number of rotatable bonds is 4. The molecule has 40 heavy (non-hydrogen) atoms. The molecule has 1 aromatic heterocycles. The zero-order chi connectivity index (χ0) is 27.0. The molecule has 2 bridgehead atoms. The summed E-state index contributed by atoms with van der Waals surface area (Å²) >= 11 is 0. The number of hydrogen-bond acceptors (Lipinski definition) is 4. The molecule has 5 nitrogen and oxygen atoms in total. The van der Waals surface area contributed by atoms with E-state index in [1.54, 1.807) is 6.07 Å². The van der Waals surface area contributed by atoms with E-state index in [0.29, 0.717) is 12.2 Å². The van der Waals surface area contributed by atoms with Gasteiger partial charge in [-0.05, 0) is 80.3 Å². The third kappa shape index (κ3) is 2.80. The summed E-state index contributed by atoms with van der Waals surface area (Å²) in [5.41, 5.74) is 8.20. The number of ether oxygens (including phenoxy) is 1. The largest absolute Gasteiger partial charge is 0.504 e. The van der Waals surface area contributed by atoms with Gasteiger partial charge in [-0.25, -0.2) is 0 Å². The number of para-hydroxylation sites is 1. The maximum atomic E-state index is 13.2. The number of hydrogen-bond donors (Lipinski definition) is 2. The van der Waals surface area contributed by atoms with Crippen molar-refractivity contribution in [1.82, 2.24) is 9.47 Å². The Kier molecular flexibility index (Phi) is 4.52. The van der Waals surface area contributed by atoms with Gasteiger partial charge < -0.3 is 19.5 Å². The third-order valence-electron chi connectivity index (χ3n) is 11.1. The van der Waals surface area contributed by atoms with Gasteiger partial charge in [-0.1, -0.05) is 54.1 Å². The topological polar surface area (TPSA) is 57.9 Å². The molecule has 2 N–H and O–H groups in total. The van der Waals surface area contributed by atoms with Crippen LogP contribution in [0.5, 0.6) is 11.5 Å². The second-order valence-corrected chi connectivity index (χ2v) is 13.3. The van der Waals surface area contributed by atoms with Gasteiger partial charge >= 0.3 is 0 Å². The average molecular weight is 533 g/mol. The number of phenolic OH excluding ortho intramolecular Hbond substituents is 1. The highest BCUT2D eigenvalue weighted by Gasteiger charge is 2.73. The molecule has 0 unspecified atom stereocenters. The van der Waals surface area contributed by atoms with Gasteiger partial charge in [-0.15, -0.1) is 0 Å². The summed E-state index contributed by atoms with van der Waals surface area (Å²) in [6.45, 7) is 7.14. The average Bonchev–Trinajstić information content (AvgIpc) is 3.60. The minimum Gasteiger partial charge on any atom is -0.504 e. The summed E-state index contributed by atoms with van der Waals surface area (Å²) in [5.74, 6) is 1.57. The summed E-state index contributed by atoms with van der Waals surface area (Å²) in [4.78, 5) is 2.61. The number of phenols is 1. The van der Waals surface area contributed by atoms with E-state index in [1.807, 2.05) is 0 Å². The zero-order valence-electron chi connectivity index (χ0n) is 23.3. The summed E-state index contributed by atoms with van der Waals surface area (Å²) < 4.78 is 9.43. The quantitative estimate of drug-likeness (QED) is 0.354. The number of aryl methyl sites for hydroxylation is 2. The number of aliphatic hydroxyl groups is 1. The van der Waals surface area contributed by atoms with Crippen molar-refractivity contribution in [2.24, 2.45) is 5.92 Å². The first-order valence-electron chi connectivity index (χ1n) is 15.0. The van der Waals surface area contributed by atoms with Crippen LogP contribution in [0.15, 0.2) is 54.6 Å². The van der Waals surface area contributed by atoms with Crippen molar-refractivity contribution in [3.05, 3.63) is 93.7 Å². The molecule has 0 amide bonds. The monoisotopic (exact) mass is 532 g/mol. The molecule has 2 fully saturated rings. The van der Waals surface area contributed by atoms with E-state index in [-0.39, 0.29) is 17.9 Å². The van der Waals surface area contributed by atoms with Gasteiger partial charge in [0.25, 0.3) is 0 Å². The SMILES string of the molecule is Cc1cccc(Cn2c3c(c4cccc(C)c42)C[C@@]2(O)[C@@H]4Cc5ccc(O)c6c5[C@@]2(CCN4CC2CC2)[C@H]3O6)c1. The number of likely N-dealkylation sites (tertiary alicyclic amines) is 1.